The Morgan fingerprint density at radius 2 is 1.79 bits per heavy atom. The van der Waals surface area contributed by atoms with Gasteiger partial charge >= 0.3 is 11.9 Å². The van der Waals surface area contributed by atoms with E-state index in [-0.39, 0.29) is 18.9 Å². The quantitative estimate of drug-likeness (QED) is 0.627. The number of esters is 2. The first kappa shape index (κ1) is 15.2. The molecule has 1 aromatic rings. The van der Waals surface area contributed by atoms with Crippen LogP contribution in [0.25, 0.3) is 0 Å². The second kappa shape index (κ2) is 6.94. The summed E-state index contributed by atoms with van der Waals surface area (Å²) < 4.78 is 14.8. The van der Waals surface area contributed by atoms with Crippen molar-refractivity contribution in [2.75, 3.05) is 26.9 Å². The van der Waals surface area contributed by atoms with Gasteiger partial charge in [-0.3, -0.25) is 0 Å². The van der Waals surface area contributed by atoms with E-state index < -0.39 is 11.9 Å². The summed E-state index contributed by atoms with van der Waals surface area (Å²) in [5.74, 6) is -0.946. The molecule has 0 aliphatic heterocycles. The summed E-state index contributed by atoms with van der Waals surface area (Å²) in [5, 5.41) is 0. The van der Waals surface area contributed by atoms with Gasteiger partial charge in [-0.2, -0.15) is 0 Å². The predicted octanol–water partition coefficient (Wildman–Crippen LogP) is 1.61. The molecule has 0 aromatic carbocycles. The molecule has 6 heteroatoms. The number of nitrogens with one attached hydrogen (secondary N) is 1. The number of aryl methyl sites for hydroxylation is 1. The Hall–Kier alpha value is -1.82. The van der Waals surface area contributed by atoms with Crippen molar-refractivity contribution in [2.24, 2.45) is 0 Å². The van der Waals surface area contributed by atoms with Gasteiger partial charge < -0.3 is 19.2 Å². The van der Waals surface area contributed by atoms with Crippen molar-refractivity contribution in [3.05, 3.63) is 22.5 Å². The van der Waals surface area contributed by atoms with Crippen molar-refractivity contribution in [1.29, 1.82) is 0 Å². The molecule has 1 heterocycles. The summed E-state index contributed by atoms with van der Waals surface area (Å²) in [6.45, 7) is 5.91. The highest BCUT2D eigenvalue weighted by molar-refractivity contribution is 5.98. The van der Waals surface area contributed by atoms with E-state index in [9.17, 15) is 9.59 Å². The Morgan fingerprint density at radius 3 is 2.37 bits per heavy atom. The molecule has 6 nitrogen and oxygen atoms in total. The minimum Gasteiger partial charge on any atom is -0.461 e. The molecule has 0 unspecified atom stereocenters. The third kappa shape index (κ3) is 3.57. The van der Waals surface area contributed by atoms with Gasteiger partial charge in [-0.15, -0.1) is 0 Å². The van der Waals surface area contributed by atoms with Crippen molar-refractivity contribution in [2.45, 2.75) is 20.8 Å². The molecule has 0 saturated heterocycles. The molecule has 0 saturated carbocycles. The molecular formula is C13H19NO5. The van der Waals surface area contributed by atoms with Gasteiger partial charge in [0, 0.05) is 12.8 Å². The second-order valence-electron chi connectivity index (χ2n) is 3.97. The van der Waals surface area contributed by atoms with Crippen LogP contribution in [-0.2, 0) is 14.2 Å². The average molecular weight is 269 g/mol. The van der Waals surface area contributed by atoms with Crippen LogP contribution < -0.4 is 0 Å². The molecule has 0 atom stereocenters. The van der Waals surface area contributed by atoms with E-state index in [4.69, 9.17) is 14.2 Å². The van der Waals surface area contributed by atoms with Crippen LogP contribution in [0.2, 0.25) is 0 Å². The van der Waals surface area contributed by atoms with Crippen molar-refractivity contribution in [3.63, 3.8) is 0 Å². The number of H-pyrrole nitrogens is 1. The molecule has 0 fully saturated rings. The van der Waals surface area contributed by atoms with Gasteiger partial charge in [0.05, 0.1) is 18.8 Å². The monoisotopic (exact) mass is 269 g/mol. The lowest BCUT2D eigenvalue weighted by Gasteiger charge is -2.05. The summed E-state index contributed by atoms with van der Waals surface area (Å²) in [4.78, 5) is 26.5. The van der Waals surface area contributed by atoms with Crippen LogP contribution in [-0.4, -0.2) is 43.9 Å². The third-order valence-electron chi connectivity index (χ3n) is 2.64. The lowest BCUT2D eigenvalue weighted by molar-refractivity contribution is 0.0387. The van der Waals surface area contributed by atoms with Gasteiger partial charge in [-0.1, -0.05) is 0 Å². The zero-order valence-electron chi connectivity index (χ0n) is 11.7. The lowest BCUT2D eigenvalue weighted by atomic mass is 10.1. The van der Waals surface area contributed by atoms with Crippen LogP contribution in [0.15, 0.2) is 0 Å². The van der Waals surface area contributed by atoms with Gasteiger partial charge in [0.15, 0.2) is 0 Å². The number of aromatic nitrogens is 1. The molecule has 19 heavy (non-hydrogen) atoms. The zero-order valence-corrected chi connectivity index (χ0v) is 11.7. The van der Waals surface area contributed by atoms with E-state index >= 15 is 0 Å². The van der Waals surface area contributed by atoms with Gasteiger partial charge in [0.1, 0.15) is 12.3 Å². The Bertz CT molecular complexity index is 464. The first-order chi connectivity index (χ1) is 9.02. The number of rotatable bonds is 6. The number of carbonyl (C=O) groups excluding carboxylic acids is 2. The number of carbonyl (C=O) groups is 2. The highest BCUT2D eigenvalue weighted by Gasteiger charge is 2.23. The van der Waals surface area contributed by atoms with Crippen molar-refractivity contribution in [1.82, 2.24) is 4.98 Å². The number of hydrogen-bond donors (Lipinski definition) is 1. The predicted molar refractivity (Wildman–Crippen MR) is 68.4 cm³/mol. The van der Waals surface area contributed by atoms with E-state index in [2.05, 4.69) is 4.98 Å². The molecule has 1 N–H and O–H groups in total. The van der Waals surface area contributed by atoms with Crippen LogP contribution in [0.3, 0.4) is 0 Å². The fourth-order valence-corrected chi connectivity index (χ4v) is 1.75. The van der Waals surface area contributed by atoms with Gasteiger partial charge in [-0.05, 0) is 26.3 Å². The van der Waals surface area contributed by atoms with E-state index in [0.29, 0.717) is 23.4 Å². The SMILES string of the molecule is CCOC(=O)c1[nH]c(C)c(C(=O)OCCOC)c1C. The third-order valence-corrected chi connectivity index (χ3v) is 2.64. The Morgan fingerprint density at radius 1 is 1.11 bits per heavy atom. The summed E-state index contributed by atoms with van der Waals surface area (Å²) in [5.41, 5.74) is 1.79. The lowest BCUT2D eigenvalue weighted by Crippen LogP contribution is -2.12. The fraction of sp³-hybridized carbons (Fsp3) is 0.538. The minimum atomic E-state index is -0.473. The number of methoxy groups -OCH3 is 1. The van der Waals surface area contributed by atoms with Gasteiger partial charge in [0.2, 0.25) is 0 Å². The standard InChI is InChI=1S/C13H19NO5/c1-5-18-13(16)11-8(2)10(9(3)14-11)12(15)19-7-6-17-4/h14H,5-7H2,1-4H3. The molecule has 0 bridgehead atoms. The normalized spacial score (nSPS) is 10.3. The minimum absolute atomic E-state index is 0.175. The summed E-state index contributed by atoms with van der Waals surface area (Å²) >= 11 is 0. The van der Waals surface area contributed by atoms with Gasteiger partial charge in [0.25, 0.3) is 0 Å². The molecule has 0 aliphatic carbocycles. The molecule has 0 amide bonds. The first-order valence-electron chi connectivity index (χ1n) is 6.05. The van der Waals surface area contributed by atoms with Gasteiger partial charge in [-0.25, -0.2) is 9.59 Å². The molecule has 0 spiro atoms. The molecule has 0 aliphatic rings. The first-order valence-corrected chi connectivity index (χ1v) is 6.05. The van der Waals surface area contributed by atoms with Crippen molar-refractivity contribution in [3.8, 4) is 0 Å². The Kier molecular flexibility index (Phi) is 5.57. The topological polar surface area (TPSA) is 77.6 Å². The van der Waals surface area contributed by atoms with E-state index in [1.807, 2.05) is 0 Å². The molecular weight excluding hydrogens is 250 g/mol. The van der Waals surface area contributed by atoms with E-state index in [0.717, 1.165) is 0 Å². The number of hydrogen-bond acceptors (Lipinski definition) is 5. The fourth-order valence-electron chi connectivity index (χ4n) is 1.75. The summed E-state index contributed by atoms with van der Waals surface area (Å²) in [7, 11) is 1.53. The highest BCUT2D eigenvalue weighted by atomic mass is 16.6. The van der Waals surface area contributed by atoms with Crippen LogP contribution >= 0.6 is 0 Å². The molecule has 1 aromatic heterocycles. The molecule has 1 rings (SSSR count). The number of aromatic amines is 1. The molecule has 106 valence electrons. The largest absolute Gasteiger partial charge is 0.461 e. The molecule has 0 radical (unpaired) electrons. The van der Waals surface area contributed by atoms with Crippen LogP contribution in [0, 0.1) is 13.8 Å². The summed E-state index contributed by atoms with van der Waals surface area (Å²) in [6, 6.07) is 0. The van der Waals surface area contributed by atoms with Crippen LogP contribution in [0.1, 0.15) is 39.0 Å². The second-order valence-corrected chi connectivity index (χ2v) is 3.97. The van der Waals surface area contributed by atoms with Crippen LogP contribution in [0.4, 0.5) is 0 Å². The number of ether oxygens (including phenoxy) is 3. The smallest absolute Gasteiger partial charge is 0.355 e. The van der Waals surface area contributed by atoms with Crippen LogP contribution in [0.5, 0.6) is 0 Å². The maximum Gasteiger partial charge on any atom is 0.355 e. The summed E-state index contributed by atoms with van der Waals surface area (Å²) in [6.07, 6.45) is 0. The Labute approximate surface area is 112 Å². The Balaban J connectivity index is 2.90. The highest BCUT2D eigenvalue weighted by Crippen LogP contribution is 2.19. The van der Waals surface area contributed by atoms with Crippen molar-refractivity contribution >= 4 is 11.9 Å². The van der Waals surface area contributed by atoms with E-state index in [1.54, 1.807) is 20.8 Å². The average Bonchev–Trinajstić information content (AvgIpc) is 2.65. The van der Waals surface area contributed by atoms with E-state index in [1.165, 1.54) is 7.11 Å². The zero-order chi connectivity index (χ0) is 14.4. The maximum atomic E-state index is 11.9. The maximum absolute atomic E-state index is 11.9. The van der Waals surface area contributed by atoms with Crippen molar-refractivity contribution < 1.29 is 23.8 Å².